The highest BCUT2D eigenvalue weighted by Crippen LogP contribution is 2.34. The van der Waals surface area contributed by atoms with Gasteiger partial charge in [0.05, 0.1) is 6.42 Å². The summed E-state index contributed by atoms with van der Waals surface area (Å²) in [6, 6.07) is 8.18. The van der Waals surface area contributed by atoms with E-state index in [2.05, 4.69) is 26.1 Å². The molecule has 2 rings (SSSR count). The molecular weight excluding hydrogens is 414 g/mol. The minimum atomic E-state index is -0.484. The van der Waals surface area contributed by atoms with Gasteiger partial charge >= 0.3 is 6.09 Å². The van der Waals surface area contributed by atoms with E-state index in [1.165, 1.54) is 0 Å². The van der Waals surface area contributed by atoms with Crippen molar-refractivity contribution in [1.82, 2.24) is 10.3 Å². The third-order valence-electron chi connectivity index (χ3n) is 5.17. The van der Waals surface area contributed by atoms with E-state index in [0.717, 1.165) is 58.5 Å². The van der Waals surface area contributed by atoms with Crippen molar-refractivity contribution in [2.45, 2.75) is 86.3 Å². The van der Waals surface area contributed by atoms with E-state index in [0.29, 0.717) is 5.92 Å². The van der Waals surface area contributed by atoms with Gasteiger partial charge in [-0.2, -0.15) is 0 Å². The second-order valence-corrected chi connectivity index (χ2v) is 10.1. The lowest BCUT2D eigenvalue weighted by atomic mass is 9.87. The fourth-order valence-corrected chi connectivity index (χ4v) is 3.84. The van der Waals surface area contributed by atoms with Crippen molar-refractivity contribution in [1.29, 1.82) is 0 Å². The van der Waals surface area contributed by atoms with Crippen LogP contribution in [0, 0.1) is 12.8 Å². The molecule has 0 spiro atoms. The van der Waals surface area contributed by atoms with Gasteiger partial charge in [0.2, 0.25) is 5.91 Å². The van der Waals surface area contributed by atoms with Gasteiger partial charge in [-0.15, -0.1) is 0 Å². The summed E-state index contributed by atoms with van der Waals surface area (Å²) in [7, 11) is 0. The van der Waals surface area contributed by atoms with Crippen LogP contribution in [-0.2, 0) is 35.4 Å². The van der Waals surface area contributed by atoms with Gasteiger partial charge in [0.15, 0.2) is 0 Å². The van der Waals surface area contributed by atoms with Crippen LogP contribution >= 0.6 is 0 Å². The average molecular weight is 454 g/mol. The molecule has 0 aliphatic heterocycles. The molecule has 0 aliphatic rings. The maximum Gasteiger partial charge on any atom is 0.407 e. The van der Waals surface area contributed by atoms with E-state index in [4.69, 9.17) is 15.5 Å². The smallest absolute Gasteiger partial charge is 0.407 e. The molecular formula is C27H39N3O3. The highest BCUT2D eigenvalue weighted by molar-refractivity contribution is 5.83. The molecule has 0 radical (unpaired) electrons. The van der Waals surface area contributed by atoms with Crippen molar-refractivity contribution in [3.8, 4) is 11.1 Å². The quantitative estimate of drug-likeness (QED) is 0.541. The number of rotatable bonds is 9. The molecule has 0 aliphatic carbocycles. The van der Waals surface area contributed by atoms with Crippen molar-refractivity contribution >= 4 is 12.0 Å². The standard InChI is InChI=1S/C27H39N3O3/c1-8-9-22-20(15-24(28)31)25(19-12-10-18(4)11-13-19)21(23(29-22)14-17(2)3)16-33-26(32)30-27(5,6)7/h10-13,17H,8-9,14-16H2,1-7H3,(H2,28,31)(H,30,32). The van der Waals surface area contributed by atoms with Gasteiger partial charge in [-0.05, 0) is 63.1 Å². The maximum absolute atomic E-state index is 12.5. The molecule has 1 heterocycles. The van der Waals surface area contributed by atoms with Crippen LogP contribution in [0.25, 0.3) is 11.1 Å². The van der Waals surface area contributed by atoms with E-state index >= 15 is 0 Å². The first-order valence-corrected chi connectivity index (χ1v) is 11.7. The van der Waals surface area contributed by atoms with Gasteiger partial charge in [0.1, 0.15) is 6.61 Å². The topological polar surface area (TPSA) is 94.3 Å². The summed E-state index contributed by atoms with van der Waals surface area (Å²) in [6.07, 6.45) is 2.00. The zero-order valence-corrected chi connectivity index (χ0v) is 21.2. The summed E-state index contributed by atoms with van der Waals surface area (Å²) in [5.41, 5.74) is 11.7. The Labute approximate surface area is 198 Å². The van der Waals surface area contributed by atoms with Gasteiger partial charge in [0, 0.05) is 22.5 Å². The number of carbonyl (C=O) groups is 2. The maximum atomic E-state index is 12.5. The third kappa shape index (κ3) is 7.88. The molecule has 0 saturated heterocycles. The van der Waals surface area contributed by atoms with Crippen LogP contribution in [0.3, 0.4) is 0 Å². The Morgan fingerprint density at radius 2 is 1.73 bits per heavy atom. The lowest BCUT2D eigenvalue weighted by Crippen LogP contribution is -2.40. The Bertz CT molecular complexity index is 974. The van der Waals surface area contributed by atoms with Crippen LogP contribution in [-0.4, -0.2) is 22.5 Å². The number of benzene rings is 1. The fourth-order valence-electron chi connectivity index (χ4n) is 3.84. The summed E-state index contributed by atoms with van der Waals surface area (Å²) in [5, 5.41) is 2.84. The van der Waals surface area contributed by atoms with Gasteiger partial charge in [-0.3, -0.25) is 9.78 Å². The van der Waals surface area contributed by atoms with Crippen LogP contribution in [0.1, 0.15) is 76.0 Å². The highest BCUT2D eigenvalue weighted by atomic mass is 16.5. The molecule has 33 heavy (non-hydrogen) atoms. The minimum Gasteiger partial charge on any atom is -0.445 e. The Balaban J connectivity index is 2.73. The number of aryl methyl sites for hydroxylation is 2. The molecule has 1 aromatic carbocycles. The molecule has 0 fully saturated rings. The molecule has 6 nitrogen and oxygen atoms in total. The first-order valence-electron chi connectivity index (χ1n) is 11.7. The number of hydrogen-bond acceptors (Lipinski definition) is 4. The number of hydrogen-bond donors (Lipinski definition) is 2. The molecule has 0 atom stereocenters. The average Bonchev–Trinajstić information content (AvgIpc) is 2.67. The van der Waals surface area contributed by atoms with Crippen LogP contribution < -0.4 is 11.1 Å². The van der Waals surface area contributed by atoms with Gasteiger partial charge in [-0.25, -0.2) is 4.79 Å². The number of nitrogens with one attached hydrogen (secondary N) is 1. The number of ether oxygens (including phenoxy) is 1. The number of amides is 2. The normalized spacial score (nSPS) is 11.5. The van der Waals surface area contributed by atoms with Gasteiger partial charge in [-0.1, -0.05) is 57.0 Å². The number of nitrogens with two attached hydrogens (primary N) is 1. The summed E-state index contributed by atoms with van der Waals surface area (Å²) in [4.78, 5) is 29.5. The van der Waals surface area contributed by atoms with Crippen molar-refractivity contribution in [2.75, 3.05) is 0 Å². The molecule has 0 saturated carbocycles. The van der Waals surface area contributed by atoms with Crippen LogP contribution in [0.2, 0.25) is 0 Å². The molecule has 0 bridgehead atoms. The Morgan fingerprint density at radius 1 is 1.09 bits per heavy atom. The first-order chi connectivity index (χ1) is 15.4. The summed E-state index contributed by atoms with van der Waals surface area (Å²) >= 11 is 0. The molecule has 180 valence electrons. The summed E-state index contributed by atoms with van der Waals surface area (Å²) in [5.74, 6) is -0.0431. The zero-order chi connectivity index (χ0) is 24.8. The monoisotopic (exact) mass is 453 g/mol. The molecule has 0 unspecified atom stereocenters. The Hall–Kier alpha value is -2.89. The highest BCUT2D eigenvalue weighted by Gasteiger charge is 2.24. The number of aromatic nitrogens is 1. The van der Waals surface area contributed by atoms with Crippen molar-refractivity contribution in [2.24, 2.45) is 11.7 Å². The van der Waals surface area contributed by atoms with Gasteiger partial charge < -0.3 is 15.8 Å². The molecule has 2 aromatic rings. The Kier molecular flexibility index (Phi) is 9.03. The number of primary amides is 1. The van der Waals surface area contributed by atoms with E-state index in [1.54, 1.807) is 0 Å². The summed E-state index contributed by atoms with van der Waals surface area (Å²) < 4.78 is 5.67. The van der Waals surface area contributed by atoms with Crippen LogP contribution in [0.15, 0.2) is 24.3 Å². The van der Waals surface area contributed by atoms with E-state index < -0.39 is 17.5 Å². The number of carbonyl (C=O) groups excluding carboxylic acids is 2. The minimum absolute atomic E-state index is 0.0678. The lowest BCUT2D eigenvalue weighted by Gasteiger charge is -2.24. The predicted octanol–water partition coefficient (Wildman–Crippen LogP) is 5.26. The lowest BCUT2D eigenvalue weighted by molar-refractivity contribution is -0.117. The van der Waals surface area contributed by atoms with E-state index in [9.17, 15) is 9.59 Å². The molecule has 1 aromatic heterocycles. The molecule has 3 N–H and O–H groups in total. The largest absolute Gasteiger partial charge is 0.445 e. The van der Waals surface area contributed by atoms with Gasteiger partial charge in [0.25, 0.3) is 0 Å². The zero-order valence-electron chi connectivity index (χ0n) is 21.2. The predicted molar refractivity (Wildman–Crippen MR) is 133 cm³/mol. The van der Waals surface area contributed by atoms with Crippen LogP contribution in [0.5, 0.6) is 0 Å². The SMILES string of the molecule is CCCc1nc(CC(C)C)c(COC(=O)NC(C)(C)C)c(-c2ccc(C)cc2)c1CC(N)=O. The number of nitrogens with zero attached hydrogens (tertiary/aromatic N) is 1. The van der Waals surface area contributed by atoms with Crippen molar-refractivity contribution in [3.63, 3.8) is 0 Å². The molecule has 6 heteroatoms. The first kappa shape index (κ1) is 26.4. The second-order valence-electron chi connectivity index (χ2n) is 10.1. The van der Waals surface area contributed by atoms with Crippen molar-refractivity contribution in [3.05, 3.63) is 52.3 Å². The van der Waals surface area contributed by atoms with E-state index in [1.807, 2.05) is 52.0 Å². The molecule has 2 amide bonds. The number of alkyl carbamates (subject to hydrolysis) is 1. The third-order valence-corrected chi connectivity index (χ3v) is 5.17. The van der Waals surface area contributed by atoms with E-state index in [-0.39, 0.29) is 13.0 Å². The second kappa shape index (κ2) is 11.3. The summed E-state index contributed by atoms with van der Waals surface area (Å²) in [6.45, 7) is 14.2. The Morgan fingerprint density at radius 3 is 2.24 bits per heavy atom. The number of pyridine rings is 1. The van der Waals surface area contributed by atoms with Crippen molar-refractivity contribution < 1.29 is 14.3 Å². The fraction of sp³-hybridized carbons (Fsp3) is 0.519. The van der Waals surface area contributed by atoms with Crippen LogP contribution in [0.4, 0.5) is 4.79 Å².